The topological polar surface area (TPSA) is 50.7 Å². The molecule has 2 N–H and O–H groups in total. The van der Waals surface area contributed by atoms with Crippen molar-refractivity contribution in [3.8, 4) is 0 Å². The largest absolute Gasteiger partial charge is 0.382 e. The molecule has 0 saturated carbocycles. The Hall–Kier alpha value is -1.12. The zero-order chi connectivity index (χ0) is 7.98. The van der Waals surface area contributed by atoms with Gasteiger partial charge in [-0.1, -0.05) is 13.0 Å². The second-order valence-electron chi connectivity index (χ2n) is 1.76. The monoisotopic (exact) mass is 139 g/mol. The summed E-state index contributed by atoms with van der Waals surface area (Å²) in [5, 5.41) is 0. The number of hydrogen-bond donors (Lipinski definition) is 1. The normalized spacial score (nSPS) is 13.4. The fourth-order valence-corrected chi connectivity index (χ4v) is 0.558. The molecule has 0 aliphatic rings. The van der Waals surface area contributed by atoms with E-state index in [-0.39, 0.29) is 0 Å². The highest BCUT2D eigenvalue weighted by Crippen LogP contribution is 1.96. The molecule has 10 heavy (non-hydrogen) atoms. The highest BCUT2D eigenvalue weighted by molar-refractivity contribution is 5.97. The molecular formula is C7H13N3. The average molecular weight is 139 g/mol. The van der Waals surface area contributed by atoms with Crippen molar-refractivity contribution in [3.63, 3.8) is 0 Å². The van der Waals surface area contributed by atoms with Gasteiger partial charge in [-0.15, -0.1) is 0 Å². The maximum atomic E-state index is 5.46. The van der Waals surface area contributed by atoms with E-state index in [0.717, 1.165) is 6.42 Å². The molecule has 0 fully saturated rings. The average Bonchev–Trinajstić information content (AvgIpc) is 1.99. The van der Waals surface area contributed by atoms with Crippen molar-refractivity contribution in [1.29, 1.82) is 0 Å². The summed E-state index contributed by atoms with van der Waals surface area (Å²) in [5.74, 6) is 0.442. The Morgan fingerprint density at radius 1 is 1.70 bits per heavy atom. The standard InChI is InChI=1S/C7H13N3/c1-4-5-6(9-2)7(8)10-3/h5H,2,4H2,1,3H3,(H2,8,10)/b6-5+. The number of nitrogens with two attached hydrogens (primary N) is 1. The van der Waals surface area contributed by atoms with Gasteiger partial charge in [-0.3, -0.25) is 9.98 Å². The van der Waals surface area contributed by atoms with Crippen molar-refractivity contribution in [2.45, 2.75) is 13.3 Å². The molecule has 0 aromatic heterocycles. The Kier molecular flexibility index (Phi) is 4.20. The molecular weight excluding hydrogens is 126 g/mol. The third-order valence-electron chi connectivity index (χ3n) is 1.07. The van der Waals surface area contributed by atoms with E-state index >= 15 is 0 Å². The van der Waals surface area contributed by atoms with E-state index in [1.165, 1.54) is 0 Å². The first kappa shape index (κ1) is 8.88. The second-order valence-corrected chi connectivity index (χ2v) is 1.76. The predicted molar refractivity (Wildman–Crippen MR) is 45.5 cm³/mol. The highest BCUT2D eigenvalue weighted by atomic mass is 14.9. The lowest BCUT2D eigenvalue weighted by Crippen LogP contribution is -2.13. The molecule has 0 atom stereocenters. The van der Waals surface area contributed by atoms with Gasteiger partial charge in [0.05, 0.1) is 5.70 Å². The molecule has 0 amide bonds. The van der Waals surface area contributed by atoms with Crippen molar-refractivity contribution in [3.05, 3.63) is 11.8 Å². The molecule has 56 valence electrons. The fourth-order valence-electron chi connectivity index (χ4n) is 0.558. The SMILES string of the molecule is C=N/C(=C/CC)C(N)=NC. The number of nitrogens with zero attached hydrogens (tertiary/aromatic N) is 2. The van der Waals surface area contributed by atoms with Gasteiger partial charge in [0.2, 0.25) is 0 Å². The predicted octanol–water partition coefficient (Wildman–Crippen LogP) is 0.968. The van der Waals surface area contributed by atoms with Crippen molar-refractivity contribution in [1.82, 2.24) is 0 Å². The molecule has 0 rings (SSSR count). The summed E-state index contributed by atoms with van der Waals surface area (Å²) < 4.78 is 0. The van der Waals surface area contributed by atoms with Gasteiger partial charge in [-0.25, -0.2) is 0 Å². The van der Waals surface area contributed by atoms with Crippen LogP contribution in [0.1, 0.15) is 13.3 Å². The van der Waals surface area contributed by atoms with Crippen LogP contribution in [0.3, 0.4) is 0 Å². The van der Waals surface area contributed by atoms with Gasteiger partial charge in [-0.05, 0) is 13.1 Å². The molecule has 0 spiro atoms. The number of rotatable bonds is 3. The minimum absolute atomic E-state index is 0.442. The van der Waals surface area contributed by atoms with E-state index in [9.17, 15) is 0 Å². The van der Waals surface area contributed by atoms with Crippen LogP contribution in [0.4, 0.5) is 0 Å². The maximum Gasteiger partial charge on any atom is 0.143 e. The minimum Gasteiger partial charge on any atom is -0.382 e. The van der Waals surface area contributed by atoms with E-state index in [1.807, 2.05) is 13.0 Å². The van der Waals surface area contributed by atoms with Crippen LogP contribution in [0.5, 0.6) is 0 Å². The summed E-state index contributed by atoms with van der Waals surface area (Å²) in [6.45, 7) is 5.38. The Bertz CT molecular complexity index is 168. The van der Waals surface area contributed by atoms with E-state index in [0.29, 0.717) is 11.5 Å². The number of amidine groups is 1. The molecule has 0 aromatic rings. The van der Waals surface area contributed by atoms with Crippen molar-refractivity contribution >= 4 is 12.6 Å². The Balaban J connectivity index is 4.35. The van der Waals surface area contributed by atoms with Crippen LogP contribution in [0.15, 0.2) is 21.8 Å². The molecule has 0 saturated heterocycles. The van der Waals surface area contributed by atoms with Gasteiger partial charge in [0.1, 0.15) is 5.84 Å². The number of aliphatic imine (C=N–C) groups is 2. The van der Waals surface area contributed by atoms with Gasteiger partial charge < -0.3 is 5.73 Å². The van der Waals surface area contributed by atoms with Gasteiger partial charge in [0.25, 0.3) is 0 Å². The maximum absolute atomic E-state index is 5.46. The summed E-state index contributed by atoms with van der Waals surface area (Å²) in [6.07, 6.45) is 2.78. The van der Waals surface area contributed by atoms with Gasteiger partial charge in [0.15, 0.2) is 0 Å². The smallest absolute Gasteiger partial charge is 0.143 e. The van der Waals surface area contributed by atoms with Crippen LogP contribution in [0.2, 0.25) is 0 Å². The molecule has 0 heterocycles. The van der Waals surface area contributed by atoms with Crippen LogP contribution in [-0.2, 0) is 0 Å². The Morgan fingerprint density at radius 3 is 2.60 bits per heavy atom. The lowest BCUT2D eigenvalue weighted by molar-refractivity contribution is 1.19. The van der Waals surface area contributed by atoms with E-state index < -0.39 is 0 Å². The molecule has 3 heteroatoms. The van der Waals surface area contributed by atoms with Crippen LogP contribution in [0.25, 0.3) is 0 Å². The summed E-state index contributed by atoms with van der Waals surface area (Å²) in [6, 6.07) is 0. The van der Waals surface area contributed by atoms with Crippen molar-refractivity contribution in [2.75, 3.05) is 7.05 Å². The van der Waals surface area contributed by atoms with Crippen molar-refractivity contribution in [2.24, 2.45) is 15.7 Å². The van der Waals surface area contributed by atoms with Crippen LogP contribution in [0, 0.1) is 0 Å². The molecule has 0 aromatic carbocycles. The fraction of sp³-hybridized carbons (Fsp3) is 0.429. The Morgan fingerprint density at radius 2 is 2.30 bits per heavy atom. The zero-order valence-corrected chi connectivity index (χ0v) is 6.46. The first-order chi connectivity index (χ1) is 4.76. The second kappa shape index (κ2) is 4.73. The van der Waals surface area contributed by atoms with Gasteiger partial charge in [-0.2, -0.15) is 0 Å². The van der Waals surface area contributed by atoms with Crippen LogP contribution < -0.4 is 5.73 Å². The van der Waals surface area contributed by atoms with E-state index in [2.05, 4.69) is 16.7 Å². The van der Waals surface area contributed by atoms with Gasteiger partial charge in [0, 0.05) is 7.05 Å². The summed E-state index contributed by atoms with van der Waals surface area (Å²) in [4.78, 5) is 7.47. The van der Waals surface area contributed by atoms with E-state index in [4.69, 9.17) is 5.73 Å². The lowest BCUT2D eigenvalue weighted by Gasteiger charge is -1.96. The Labute approximate surface area is 61.4 Å². The third-order valence-corrected chi connectivity index (χ3v) is 1.07. The quantitative estimate of drug-likeness (QED) is 0.459. The van der Waals surface area contributed by atoms with Crippen molar-refractivity contribution < 1.29 is 0 Å². The third kappa shape index (κ3) is 2.44. The molecule has 0 aliphatic carbocycles. The number of allylic oxidation sites excluding steroid dienone is 1. The van der Waals surface area contributed by atoms with Crippen LogP contribution in [-0.4, -0.2) is 19.6 Å². The summed E-state index contributed by atoms with van der Waals surface area (Å²) in [7, 11) is 1.63. The molecule has 0 unspecified atom stereocenters. The number of hydrogen-bond acceptors (Lipinski definition) is 2. The zero-order valence-electron chi connectivity index (χ0n) is 6.46. The summed E-state index contributed by atoms with van der Waals surface area (Å²) >= 11 is 0. The van der Waals surface area contributed by atoms with Crippen LogP contribution >= 0.6 is 0 Å². The first-order valence-corrected chi connectivity index (χ1v) is 3.15. The molecule has 3 nitrogen and oxygen atoms in total. The molecule has 0 bridgehead atoms. The van der Waals surface area contributed by atoms with E-state index in [1.54, 1.807) is 7.05 Å². The van der Waals surface area contributed by atoms with Gasteiger partial charge >= 0.3 is 0 Å². The minimum atomic E-state index is 0.442. The lowest BCUT2D eigenvalue weighted by atomic mass is 10.3. The highest BCUT2D eigenvalue weighted by Gasteiger charge is 1.94. The summed E-state index contributed by atoms with van der Waals surface area (Å²) in [5.41, 5.74) is 6.13. The molecule has 0 aliphatic heterocycles. The first-order valence-electron chi connectivity index (χ1n) is 3.15. The molecule has 0 radical (unpaired) electrons.